The highest BCUT2D eigenvalue weighted by Gasteiger charge is 2.44. The molecule has 0 saturated carbocycles. The molecule has 0 aliphatic carbocycles. The minimum absolute atomic E-state index is 0.221. The molecule has 1 amide bonds. The second kappa shape index (κ2) is 8.66. The van der Waals surface area contributed by atoms with Gasteiger partial charge in [-0.15, -0.1) is 0 Å². The number of benzene rings is 1. The van der Waals surface area contributed by atoms with Crippen molar-refractivity contribution < 1.29 is 23.6 Å². The van der Waals surface area contributed by atoms with Crippen LogP contribution in [0.1, 0.15) is 27.2 Å². The van der Waals surface area contributed by atoms with Crippen LogP contribution in [0.3, 0.4) is 0 Å². The van der Waals surface area contributed by atoms with Gasteiger partial charge in [-0.1, -0.05) is 18.2 Å². The Kier molecular flexibility index (Phi) is 6.81. The smallest absolute Gasteiger partial charge is 0.323 e. The monoisotopic (exact) mass is 383 g/mol. The fraction of sp³-hybridized carbons (Fsp3) is 0.529. The van der Waals surface area contributed by atoms with Gasteiger partial charge in [-0.05, 0) is 32.9 Å². The molecule has 1 unspecified atom stereocenters. The minimum atomic E-state index is -3.56. The lowest BCUT2D eigenvalue weighted by molar-refractivity contribution is -0.149. The third-order valence-electron chi connectivity index (χ3n) is 3.75. The van der Waals surface area contributed by atoms with Crippen molar-refractivity contribution in [1.29, 1.82) is 0 Å². The molecule has 0 spiro atoms. The number of hydrogen-bond donors (Lipinski definition) is 1. The number of carbonyl (C=O) groups is 2. The number of hydrogen-bond acceptors (Lipinski definition) is 6. The lowest BCUT2D eigenvalue weighted by Crippen LogP contribution is -2.45. The Morgan fingerprint density at radius 1 is 1.27 bits per heavy atom. The summed E-state index contributed by atoms with van der Waals surface area (Å²) in [7, 11) is -2.16. The largest absolute Gasteiger partial charge is 0.462 e. The molecule has 9 heteroatoms. The van der Waals surface area contributed by atoms with Crippen molar-refractivity contribution in [3.63, 3.8) is 0 Å². The third-order valence-corrected chi connectivity index (χ3v) is 6.20. The van der Waals surface area contributed by atoms with Crippen molar-refractivity contribution in [3.05, 3.63) is 30.3 Å². The van der Waals surface area contributed by atoms with Gasteiger partial charge in [0.1, 0.15) is 12.4 Å². The normalized spacial score (nSPS) is 18.1. The van der Waals surface area contributed by atoms with E-state index in [1.807, 2.05) is 30.3 Å². The van der Waals surface area contributed by atoms with Crippen LogP contribution in [0.4, 0.5) is 5.69 Å². The number of esters is 1. The van der Waals surface area contributed by atoms with E-state index < -0.39 is 19.5 Å². The summed E-state index contributed by atoms with van der Waals surface area (Å²) in [6.07, 6.45) is -0.279. The third kappa shape index (κ3) is 4.63. The molecule has 26 heavy (non-hydrogen) atoms. The fourth-order valence-corrected chi connectivity index (χ4v) is 5.09. The molecule has 144 valence electrons. The molecule has 1 aliphatic heterocycles. The van der Waals surface area contributed by atoms with Crippen molar-refractivity contribution >= 4 is 25.0 Å². The van der Waals surface area contributed by atoms with Crippen molar-refractivity contribution in [2.45, 2.75) is 39.3 Å². The van der Waals surface area contributed by atoms with Crippen LogP contribution in [0.2, 0.25) is 0 Å². The summed E-state index contributed by atoms with van der Waals surface area (Å²) in [6.45, 7) is 5.43. The van der Waals surface area contributed by atoms with E-state index in [1.54, 1.807) is 25.8 Å². The number of rotatable bonds is 8. The van der Waals surface area contributed by atoms with E-state index in [-0.39, 0.29) is 24.8 Å². The fourth-order valence-electron chi connectivity index (χ4n) is 2.74. The maximum absolute atomic E-state index is 13.6. The maximum atomic E-state index is 13.6. The summed E-state index contributed by atoms with van der Waals surface area (Å²) in [4.78, 5) is 24.6. The molecule has 1 aliphatic rings. The summed E-state index contributed by atoms with van der Waals surface area (Å²) in [6, 6.07) is 8.35. The standard InChI is InChI=1S/C17H26N3O5P/c1-13(2)25-17(22)14(3)18-26(23,12-24-4)20-16(21)10-11-19(20)15-8-6-5-7-9-15/h5-9,13-14H,10-12H2,1-4H3,(H,18,23)/t14-,26?/m0/s1. The second-order valence-electron chi connectivity index (χ2n) is 6.35. The molecular weight excluding hydrogens is 357 g/mol. The molecule has 1 fully saturated rings. The lowest BCUT2D eigenvalue weighted by Gasteiger charge is -2.36. The van der Waals surface area contributed by atoms with E-state index in [2.05, 4.69) is 5.09 Å². The summed E-state index contributed by atoms with van der Waals surface area (Å²) >= 11 is 0. The van der Waals surface area contributed by atoms with Crippen LogP contribution >= 0.6 is 7.44 Å². The van der Waals surface area contributed by atoms with Crippen LogP contribution in [-0.4, -0.2) is 48.8 Å². The van der Waals surface area contributed by atoms with Gasteiger partial charge in [0.05, 0.1) is 11.8 Å². The highest BCUT2D eigenvalue weighted by atomic mass is 31.2. The molecule has 0 radical (unpaired) electrons. The number of para-hydroxylation sites is 1. The molecule has 1 N–H and O–H groups in total. The van der Waals surface area contributed by atoms with E-state index in [0.29, 0.717) is 6.54 Å². The van der Waals surface area contributed by atoms with Crippen molar-refractivity contribution in [1.82, 2.24) is 9.87 Å². The van der Waals surface area contributed by atoms with Gasteiger partial charge in [0.25, 0.3) is 7.44 Å². The highest BCUT2D eigenvalue weighted by Crippen LogP contribution is 2.50. The van der Waals surface area contributed by atoms with Crippen LogP contribution in [-0.2, 0) is 23.6 Å². The summed E-state index contributed by atoms with van der Waals surface area (Å²) < 4.78 is 25.1. The number of hydrazine groups is 1. The zero-order valence-corrected chi connectivity index (χ0v) is 16.4. The van der Waals surface area contributed by atoms with E-state index in [4.69, 9.17) is 9.47 Å². The zero-order valence-electron chi connectivity index (χ0n) is 15.5. The van der Waals surface area contributed by atoms with Gasteiger partial charge in [0.2, 0.25) is 5.91 Å². The Balaban J connectivity index is 2.29. The molecule has 1 saturated heterocycles. The van der Waals surface area contributed by atoms with Gasteiger partial charge in [0, 0.05) is 20.1 Å². The zero-order chi connectivity index (χ0) is 19.3. The predicted molar refractivity (Wildman–Crippen MR) is 98.6 cm³/mol. The van der Waals surface area contributed by atoms with Gasteiger partial charge < -0.3 is 9.47 Å². The van der Waals surface area contributed by atoms with E-state index in [1.165, 1.54) is 11.9 Å². The van der Waals surface area contributed by atoms with Crippen LogP contribution in [0.5, 0.6) is 0 Å². The van der Waals surface area contributed by atoms with Gasteiger partial charge in [-0.25, -0.2) is 5.09 Å². The number of carbonyl (C=O) groups excluding carboxylic acids is 2. The maximum Gasteiger partial charge on any atom is 0.323 e. The average Bonchev–Trinajstić information content (AvgIpc) is 2.97. The van der Waals surface area contributed by atoms with Crippen LogP contribution < -0.4 is 10.1 Å². The summed E-state index contributed by atoms with van der Waals surface area (Å²) in [5.74, 6) is -0.819. The number of methoxy groups -OCH3 is 1. The molecule has 1 aromatic rings. The Morgan fingerprint density at radius 3 is 2.50 bits per heavy atom. The molecular formula is C17H26N3O5P. The number of amides is 1. The summed E-state index contributed by atoms with van der Waals surface area (Å²) in [5, 5.41) is 4.45. The molecule has 2 rings (SSSR count). The number of anilines is 1. The Hall–Kier alpha value is -1.89. The average molecular weight is 383 g/mol. The van der Waals surface area contributed by atoms with Gasteiger partial charge in [-0.3, -0.25) is 19.2 Å². The first kappa shape index (κ1) is 20.4. The van der Waals surface area contributed by atoms with Gasteiger partial charge >= 0.3 is 5.97 Å². The van der Waals surface area contributed by atoms with E-state index in [9.17, 15) is 14.2 Å². The molecule has 0 bridgehead atoms. The molecule has 1 aromatic carbocycles. The number of ether oxygens (including phenoxy) is 2. The Bertz CT molecular complexity index is 682. The van der Waals surface area contributed by atoms with Gasteiger partial charge in [0.15, 0.2) is 0 Å². The van der Waals surface area contributed by atoms with E-state index >= 15 is 0 Å². The van der Waals surface area contributed by atoms with E-state index in [0.717, 1.165) is 5.69 Å². The van der Waals surface area contributed by atoms with Crippen molar-refractivity contribution in [3.8, 4) is 0 Å². The van der Waals surface area contributed by atoms with Crippen molar-refractivity contribution in [2.75, 3.05) is 25.0 Å². The first-order valence-corrected chi connectivity index (χ1v) is 10.3. The first-order valence-electron chi connectivity index (χ1n) is 8.50. The van der Waals surface area contributed by atoms with Crippen molar-refractivity contribution in [2.24, 2.45) is 0 Å². The predicted octanol–water partition coefficient (Wildman–Crippen LogP) is 2.37. The second-order valence-corrected chi connectivity index (χ2v) is 8.65. The topological polar surface area (TPSA) is 88.2 Å². The molecule has 2 atom stereocenters. The highest BCUT2D eigenvalue weighted by molar-refractivity contribution is 7.60. The van der Waals surface area contributed by atoms with Crippen LogP contribution in [0, 0.1) is 0 Å². The first-order chi connectivity index (χ1) is 12.3. The molecule has 1 heterocycles. The SMILES string of the molecule is COCP(=O)(N[C@@H](C)C(=O)OC(C)C)N1C(=O)CCN1c1ccccc1. The Morgan fingerprint density at radius 2 is 1.92 bits per heavy atom. The summed E-state index contributed by atoms with van der Waals surface area (Å²) in [5.41, 5.74) is 0.744. The molecule has 8 nitrogen and oxygen atoms in total. The Labute approximate surface area is 153 Å². The van der Waals surface area contributed by atoms with Crippen LogP contribution in [0.25, 0.3) is 0 Å². The lowest BCUT2D eigenvalue weighted by atomic mass is 10.3. The van der Waals surface area contributed by atoms with Crippen LogP contribution in [0.15, 0.2) is 30.3 Å². The quantitative estimate of drug-likeness (QED) is 0.545. The molecule has 0 aromatic heterocycles. The van der Waals surface area contributed by atoms with Gasteiger partial charge in [-0.2, -0.15) is 4.78 Å². The number of nitrogens with zero attached hydrogens (tertiary/aromatic N) is 2. The number of nitrogens with one attached hydrogen (secondary N) is 1. The minimum Gasteiger partial charge on any atom is -0.462 e.